The van der Waals surface area contributed by atoms with Gasteiger partial charge in [0.1, 0.15) is 17.4 Å². The van der Waals surface area contributed by atoms with Crippen molar-refractivity contribution in [2.45, 2.75) is 13.0 Å². The van der Waals surface area contributed by atoms with Crippen LogP contribution in [0.3, 0.4) is 0 Å². The molecule has 1 atom stereocenters. The third-order valence-corrected chi connectivity index (χ3v) is 2.67. The molecule has 0 aliphatic rings. The topological polar surface area (TPSA) is 48.1 Å². The highest BCUT2D eigenvalue weighted by Crippen LogP contribution is 2.29. The Hall–Kier alpha value is -1.32. The van der Waals surface area contributed by atoms with Gasteiger partial charge in [-0.05, 0) is 31.2 Å². The Kier molecular flexibility index (Phi) is 3.27. The number of aromatic nitrogens is 1. The Bertz CT molecular complexity index is 501. The summed E-state index contributed by atoms with van der Waals surface area (Å²) in [6.07, 6.45) is 1.69. The van der Waals surface area contributed by atoms with Crippen LogP contribution in [0.15, 0.2) is 30.5 Å². The van der Waals surface area contributed by atoms with Gasteiger partial charge in [-0.1, -0.05) is 11.6 Å². The average Bonchev–Trinajstić information content (AvgIpc) is 2.33. The number of nitrogens with two attached hydrogens (primary N) is 1. The Morgan fingerprint density at radius 3 is 3.00 bits per heavy atom. The normalized spacial score (nSPS) is 12.7. The van der Waals surface area contributed by atoms with Crippen LogP contribution in [0.4, 0.5) is 0 Å². The molecule has 2 rings (SSSR count). The summed E-state index contributed by atoms with van der Waals surface area (Å²) in [4.78, 5) is 4.28. The fourth-order valence-electron chi connectivity index (χ4n) is 1.47. The summed E-state index contributed by atoms with van der Waals surface area (Å²) in [5.41, 5.74) is 6.30. The maximum Gasteiger partial charge on any atom is 0.146 e. The lowest BCUT2D eigenvalue weighted by molar-refractivity contribution is 0.232. The van der Waals surface area contributed by atoms with Crippen molar-refractivity contribution in [2.75, 3.05) is 6.54 Å². The van der Waals surface area contributed by atoms with Crippen LogP contribution in [0.5, 0.6) is 5.75 Å². The highest BCUT2D eigenvalue weighted by molar-refractivity contribution is 6.35. The molecule has 1 aromatic carbocycles. The number of hydrogen-bond donors (Lipinski definition) is 1. The molecule has 0 amide bonds. The molecule has 0 aliphatic heterocycles. The van der Waals surface area contributed by atoms with E-state index in [-0.39, 0.29) is 6.10 Å². The molecular formula is C12H13ClN2O. The van der Waals surface area contributed by atoms with Gasteiger partial charge in [0, 0.05) is 18.1 Å². The molecule has 2 N–H and O–H groups in total. The van der Waals surface area contributed by atoms with E-state index in [1.807, 2.05) is 31.2 Å². The zero-order chi connectivity index (χ0) is 11.5. The van der Waals surface area contributed by atoms with Crippen LogP contribution in [-0.4, -0.2) is 17.6 Å². The van der Waals surface area contributed by atoms with E-state index in [2.05, 4.69) is 4.98 Å². The summed E-state index contributed by atoms with van der Waals surface area (Å²) in [5.74, 6) is 0.720. The van der Waals surface area contributed by atoms with Gasteiger partial charge in [-0.2, -0.15) is 0 Å². The second kappa shape index (κ2) is 4.68. The first-order chi connectivity index (χ1) is 7.72. The van der Waals surface area contributed by atoms with E-state index in [1.165, 1.54) is 0 Å². The number of pyridine rings is 1. The summed E-state index contributed by atoms with van der Waals surface area (Å²) >= 11 is 6.08. The first kappa shape index (κ1) is 11.2. The number of rotatable bonds is 3. The van der Waals surface area contributed by atoms with Crippen LogP contribution in [0, 0.1) is 0 Å². The largest absolute Gasteiger partial charge is 0.487 e. The molecule has 0 spiro atoms. The average molecular weight is 237 g/mol. The molecule has 84 valence electrons. The molecule has 3 nitrogen and oxygen atoms in total. The lowest BCUT2D eigenvalue weighted by Crippen LogP contribution is -2.22. The van der Waals surface area contributed by atoms with Crippen molar-refractivity contribution in [1.29, 1.82) is 0 Å². The summed E-state index contributed by atoms with van der Waals surface area (Å²) < 4.78 is 5.69. The van der Waals surface area contributed by atoms with Gasteiger partial charge in [0.15, 0.2) is 0 Å². The molecule has 1 aromatic heterocycles. The molecule has 0 saturated heterocycles. The van der Waals surface area contributed by atoms with Crippen molar-refractivity contribution in [2.24, 2.45) is 5.73 Å². The monoisotopic (exact) mass is 236 g/mol. The van der Waals surface area contributed by atoms with Gasteiger partial charge in [-0.25, -0.2) is 0 Å². The number of benzene rings is 1. The minimum atomic E-state index is -0.0358. The van der Waals surface area contributed by atoms with Crippen molar-refractivity contribution in [1.82, 2.24) is 4.98 Å². The van der Waals surface area contributed by atoms with Gasteiger partial charge < -0.3 is 10.5 Å². The minimum absolute atomic E-state index is 0.0358. The zero-order valence-corrected chi connectivity index (χ0v) is 9.74. The second-order valence-electron chi connectivity index (χ2n) is 3.61. The van der Waals surface area contributed by atoms with Crippen molar-refractivity contribution < 1.29 is 4.74 Å². The zero-order valence-electron chi connectivity index (χ0n) is 8.98. The third kappa shape index (κ3) is 2.10. The van der Waals surface area contributed by atoms with Crippen LogP contribution in [0.1, 0.15) is 6.92 Å². The van der Waals surface area contributed by atoms with Crippen molar-refractivity contribution in [3.63, 3.8) is 0 Å². The lowest BCUT2D eigenvalue weighted by Gasteiger charge is -2.14. The maximum absolute atomic E-state index is 6.08. The van der Waals surface area contributed by atoms with Gasteiger partial charge in [0.05, 0.1) is 5.02 Å². The Balaban J connectivity index is 2.50. The molecule has 16 heavy (non-hydrogen) atoms. The first-order valence-electron chi connectivity index (χ1n) is 5.12. The molecule has 0 bridgehead atoms. The van der Waals surface area contributed by atoms with E-state index in [9.17, 15) is 0 Å². The SMILES string of the molecule is CC(CN)Oc1ccc(Cl)c2cccnc12. The number of nitrogens with zero attached hydrogens (tertiary/aromatic N) is 1. The second-order valence-corrected chi connectivity index (χ2v) is 4.02. The number of ether oxygens (including phenoxy) is 1. The molecule has 4 heteroatoms. The number of halogens is 1. The van der Waals surface area contributed by atoms with Crippen molar-refractivity contribution >= 4 is 22.5 Å². The van der Waals surface area contributed by atoms with E-state index in [0.29, 0.717) is 11.6 Å². The van der Waals surface area contributed by atoms with Gasteiger partial charge in [0.25, 0.3) is 0 Å². The summed E-state index contributed by atoms with van der Waals surface area (Å²) in [6, 6.07) is 7.41. The van der Waals surface area contributed by atoms with Gasteiger partial charge in [0.2, 0.25) is 0 Å². The van der Waals surface area contributed by atoms with E-state index >= 15 is 0 Å². The molecule has 0 fully saturated rings. The minimum Gasteiger partial charge on any atom is -0.487 e. The Labute approximate surface area is 99.2 Å². The Morgan fingerprint density at radius 2 is 2.25 bits per heavy atom. The lowest BCUT2D eigenvalue weighted by atomic mass is 10.2. The molecule has 0 saturated carbocycles. The van der Waals surface area contributed by atoms with E-state index in [0.717, 1.165) is 16.7 Å². The molecule has 0 aliphatic carbocycles. The van der Waals surface area contributed by atoms with Crippen molar-refractivity contribution in [3.05, 3.63) is 35.5 Å². The Morgan fingerprint density at radius 1 is 1.44 bits per heavy atom. The highest BCUT2D eigenvalue weighted by atomic mass is 35.5. The standard InChI is InChI=1S/C12H13ClN2O/c1-8(7-14)16-11-5-4-10(13)9-3-2-6-15-12(9)11/h2-6,8H,7,14H2,1H3. The third-order valence-electron chi connectivity index (χ3n) is 2.34. The molecule has 2 aromatic rings. The first-order valence-corrected chi connectivity index (χ1v) is 5.50. The summed E-state index contributed by atoms with van der Waals surface area (Å²) in [6.45, 7) is 2.39. The predicted molar refractivity (Wildman–Crippen MR) is 65.9 cm³/mol. The fourth-order valence-corrected chi connectivity index (χ4v) is 1.69. The number of fused-ring (bicyclic) bond motifs is 1. The van der Waals surface area contributed by atoms with Crippen LogP contribution in [-0.2, 0) is 0 Å². The fraction of sp³-hybridized carbons (Fsp3) is 0.250. The smallest absolute Gasteiger partial charge is 0.146 e. The van der Waals surface area contributed by atoms with Crippen LogP contribution in [0.25, 0.3) is 10.9 Å². The molecular weight excluding hydrogens is 224 g/mol. The van der Waals surface area contributed by atoms with Gasteiger partial charge in [-0.3, -0.25) is 4.98 Å². The number of hydrogen-bond acceptors (Lipinski definition) is 3. The van der Waals surface area contributed by atoms with Gasteiger partial charge >= 0.3 is 0 Å². The molecule has 1 unspecified atom stereocenters. The summed E-state index contributed by atoms with van der Waals surface area (Å²) in [5, 5.41) is 1.57. The van der Waals surface area contributed by atoms with E-state index < -0.39 is 0 Å². The summed E-state index contributed by atoms with van der Waals surface area (Å²) in [7, 11) is 0. The van der Waals surface area contributed by atoms with E-state index in [1.54, 1.807) is 6.20 Å². The van der Waals surface area contributed by atoms with Crippen LogP contribution < -0.4 is 10.5 Å². The van der Waals surface area contributed by atoms with Crippen molar-refractivity contribution in [3.8, 4) is 5.75 Å². The van der Waals surface area contributed by atoms with Crippen LogP contribution >= 0.6 is 11.6 Å². The highest BCUT2D eigenvalue weighted by Gasteiger charge is 2.08. The molecule has 1 heterocycles. The maximum atomic E-state index is 6.08. The van der Waals surface area contributed by atoms with E-state index in [4.69, 9.17) is 22.1 Å². The predicted octanol–water partition coefficient (Wildman–Crippen LogP) is 2.61. The van der Waals surface area contributed by atoms with Crippen LogP contribution in [0.2, 0.25) is 5.02 Å². The quantitative estimate of drug-likeness (QED) is 0.891. The van der Waals surface area contributed by atoms with Gasteiger partial charge in [-0.15, -0.1) is 0 Å². The molecule has 0 radical (unpaired) electrons.